The molecular formula is C31H32N4O5S. The van der Waals surface area contributed by atoms with Crippen molar-refractivity contribution in [3.63, 3.8) is 0 Å². The van der Waals surface area contributed by atoms with Gasteiger partial charge in [-0.15, -0.1) is 0 Å². The fourth-order valence-electron chi connectivity index (χ4n) is 4.81. The van der Waals surface area contributed by atoms with Crippen molar-refractivity contribution in [2.45, 2.75) is 25.5 Å². The second kappa shape index (κ2) is 10.9. The van der Waals surface area contributed by atoms with E-state index in [4.69, 9.17) is 0 Å². The first kappa shape index (κ1) is 28.1. The molecule has 212 valence electrons. The number of sulfonamides is 1. The van der Waals surface area contributed by atoms with Crippen LogP contribution in [-0.4, -0.2) is 66.1 Å². The first-order valence-electron chi connectivity index (χ1n) is 13.3. The average Bonchev–Trinajstić information content (AvgIpc) is 2.95. The van der Waals surface area contributed by atoms with Gasteiger partial charge in [-0.2, -0.15) is 0 Å². The van der Waals surface area contributed by atoms with Gasteiger partial charge in [-0.1, -0.05) is 30.3 Å². The number of hydrogen-bond acceptors (Lipinski definition) is 7. The number of aromatic hydroxyl groups is 1. The number of rotatable bonds is 5. The monoisotopic (exact) mass is 572 g/mol. The first-order valence-corrected chi connectivity index (χ1v) is 14.8. The number of benzene rings is 3. The van der Waals surface area contributed by atoms with Crippen LogP contribution in [0, 0.1) is 0 Å². The van der Waals surface area contributed by atoms with E-state index < -0.39 is 20.7 Å². The third-order valence-electron chi connectivity index (χ3n) is 7.28. The second-order valence-corrected chi connectivity index (χ2v) is 13.4. The van der Waals surface area contributed by atoms with Crippen LogP contribution in [0.3, 0.4) is 0 Å². The molecule has 0 unspecified atom stereocenters. The van der Waals surface area contributed by atoms with Crippen molar-refractivity contribution in [1.82, 2.24) is 14.6 Å². The zero-order chi connectivity index (χ0) is 29.4. The SMILES string of the molecule is CC(C)(C)S(=O)(=O)NC(=O)c1ccc(N2CCN(C(=O)c3ccc(-c4cncc(O)c4)c4ccccc34)CC2)cc1. The minimum atomic E-state index is -3.81. The van der Waals surface area contributed by atoms with Crippen LogP contribution in [0.2, 0.25) is 0 Å². The number of hydrogen-bond donors (Lipinski definition) is 2. The van der Waals surface area contributed by atoms with Crippen LogP contribution >= 0.6 is 0 Å². The highest BCUT2D eigenvalue weighted by Gasteiger charge is 2.31. The first-order chi connectivity index (χ1) is 19.4. The summed E-state index contributed by atoms with van der Waals surface area (Å²) in [5, 5.41) is 11.6. The molecule has 0 saturated carbocycles. The number of carbonyl (C=O) groups is 2. The Bertz CT molecular complexity index is 1720. The smallest absolute Gasteiger partial charge is 0.264 e. The van der Waals surface area contributed by atoms with Crippen molar-refractivity contribution in [1.29, 1.82) is 0 Å². The molecule has 5 rings (SSSR count). The van der Waals surface area contributed by atoms with Crippen LogP contribution in [0.25, 0.3) is 21.9 Å². The van der Waals surface area contributed by atoms with E-state index in [1.807, 2.05) is 41.3 Å². The molecule has 0 spiro atoms. The molecule has 0 radical (unpaired) electrons. The number of piperazine rings is 1. The molecule has 2 heterocycles. The van der Waals surface area contributed by atoms with Crippen molar-refractivity contribution in [3.8, 4) is 16.9 Å². The number of amides is 2. The zero-order valence-corrected chi connectivity index (χ0v) is 24.0. The van der Waals surface area contributed by atoms with Gasteiger partial charge in [-0.05, 0) is 73.5 Å². The summed E-state index contributed by atoms with van der Waals surface area (Å²) in [4.78, 5) is 34.2. The minimum absolute atomic E-state index is 0.0477. The summed E-state index contributed by atoms with van der Waals surface area (Å²) in [6.45, 7) is 6.86. The molecule has 0 aliphatic carbocycles. The maximum atomic E-state index is 13.6. The Hall–Kier alpha value is -4.44. The van der Waals surface area contributed by atoms with E-state index >= 15 is 0 Å². The average molecular weight is 573 g/mol. The summed E-state index contributed by atoms with van der Waals surface area (Å²) >= 11 is 0. The quantitative estimate of drug-likeness (QED) is 0.363. The molecule has 4 aromatic rings. The number of pyridine rings is 1. The number of fused-ring (bicyclic) bond motifs is 1. The Morgan fingerprint density at radius 1 is 0.878 bits per heavy atom. The lowest BCUT2D eigenvalue weighted by Crippen LogP contribution is -2.48. The van der Waals surface area contributed by atoms with Gasteiger partial charge in [0, 0.05) is 54.8 Å². The summed E-state index contributed by atoms with van der Waals surface area (Å²) in [6.07, 6.45) is 3.07. The second-order valence-electron chi connectivity index (χ2n) is 11.0. The Morgan fingerprint density at radius 2 is 1.54 bits per heavy atom. The third-order valence-corrected chi connectivity index (χ3v) is 9.35. The van der Waals surface area contributed by atoms with Gasteiger partial charge in [-0.25, -0.2) is 13.1 Å². The number of nitrogens with zero attached hydrogens (tertiary/aromatic N) is 3. The molecule has 1 aliphatic rings. The maximum Gasteiger partial charge on any atom is 0.264 e. The van der Waals surface area contributed by atoms with Crippen molar-refractivity contribution in [3.05, 3.63) is 90.3 Å². The predicted octanol–water partition coefficient (Wildman–Crippen LogP) is 4.43. The van der Waals surface area contributed by atoms with Gasteiger partial charge < -0.3 is 14.9 Å². The van der Waals surface area contributed by atoms with E-state index in [-0.39, 0.29) is 17.2 Å². The normalized spacial score (nSPS) is 14.2. The maximum absolute atomic E-state index is 13.6. The molecule has 1 fully saturated rings. The molecule has 1 aromatic heterocycles. The molecule has 0 atom stereocenters. The van der Waals surface area contributed by atoms with Crippen LogP contribution in [0.4, 0.5) is 5.69 Å². The highest BCUT2D eigenvalue weighted by atomic mass is 32.2. The van der Waals surface area contributed by atoms with Crippen LogP contribution < -0.4 is 9.62 Å². The fourth-order valence-corrected chi connectivity index (χ4v) is 5.48. The standard InChI is InChI=1S/C31H32N4O5S/c1-31(2,3)41(39,40)33-29(37)21-8-10-23(11-9-21)34-14-16-35(17-15-34)30(38)28-13-12-25(22-18-24(36)20-32-19-22)26-6-4-5-7-27(26)28/h4-13,18-20,36H,14-17H2,1-3H3,(H,33,37). The van der Waals surface area contributed by atoms with E-state index in [1.54, 1.807) is 36.5 Å². The van der Waals surface area contributed by atoms with Crippen molar-refractivity contribution < 1.29 is 23.1 Å². The third kappa shape index (κ3) is 5.74. The lowest BCUT2D eigenvalue weighted by Gasteiger charge is -2.36. The van der Waals surface area contributed by atoms with Crippen molar-refractivity contribution in [2.75, 3.05) is 31.1 Å². The highest BCUT2D eigenvalue weighted by molar-refractivity contribution is 7.91. The summed E-state index contributed by atoms with van der Waals surface area (Å²) < 4.78 is 25.7. The van der Waals surface area contributed by atoms with Gasteiger partial charge in [0.2, 0.25) is 10.0 Å². The predicted molar refractivity (Wildman–Crippen MR) is 160 cm³/mol. The zero-order valence-electron chi connectivity index (χ0n) is 23.2. The Morgan fingerprint density at radius 3 is 2.17 bits per heavy atom. The van der Waals surface area contributed by atoms with Gasteiger partial charge in [0.05, 0.1) is 10.9 Å². The van der Waals surface area contributed by atoms with Crippen molar-refractivity contribution in [2.24, 2.45) is 0 Å². The molecule has 1 saturated heterocycles. The molecule has 9 nitrogen and oxygen atoms in total. The van der Waals surface area contributed by atoms with E-state index in [9.17, 15) is 23.1 Å². The summed E-state index contributed by atoms with van der Waals surface area (Å²) in [5.41, 5.74) is 3.42. The van der Waals surface area contributed by atoms with Gasteiger partial charge in [0.15, 0.2) is 0 Å². The number of aromatic nitrogens is 1. The summed E-state index contributed by atoms with van der Waals surface area (Å²) in [6, 6.07) is 19.9. The fraction of sp³-hybridized carbons (Fsp3) is 0.258. The summed E-state index contributed by atoms with van der Waals surface area (Å²) in [5.74, 6) is -0.634. The Labute approximate surface area is 239 Å². The molecule has 2 amide bonds. The van der Waals surface area contributed by atoms with Gasteiger partial charge in [0.25, 0.3) is 11.8 Å². The lowest BCUT2D eigenvalue weighted by molar-refractivity contribution is 0.0748. The molecule has 2 N–H and O–H groups in total. The minimum Gasteiger partial charge on any atom is -0.506 e. The van der Waals surface area contributed by atoms with E-state index in [1.165, 1.54) is 27.0 Å². The number of carbonyl (C=O) groups excluding carboxylic acids is 2. The molecule has 3 aromatic carbocycles. The van der Waals surface area contributed by atoms with Crippen LogP contribution in [0.5, 0.6) is 5.75 Å². The molecule has 10 heteroatoms. The van der Waals surface area contributed by atoms with E-state index in [2.05, 4.69) is 14.6 Å². The molecule has 0 bridgehead atoms. The molecule has 41 heavy (non-hydrogen) atoms. The highest BCUT2D eigenvalue weighted by Crippen LogP contribution is 2.32. The molecular weight excluding hydrogens is 540 g/mol. The van der Waals surface area contributed by atoms with Gasteiger partial charge in [0.1, 0.15) is 5.75 Å². The largest absolute Gasteiger partial charge is 0.506 e. The lowest BCUT2D eigenvalue weighted by atomic mass is 9.95. The molecule has 1 aliphatic heterocycles. The van der Waals surface area contributed by atoms with E-state index in [0.717, 1.165) is 27.6 Å². The van der Waals surface area contributed by atoms with Gasteiger partial charge >= 0.3 is 0 Å². The van der Waals surface area contributed by atoms with Crippen LogP contribution in [0.1, 0.15) is 41.5 Å². The number of anilines is 1. The Kier molecular flexibility index (Phi) is 7.44. The van der Waals surface area contributed by atoms with Gasteiger partial charge in [-0.3, -0.25) is 14.6 Å². The Balaban J connectivity index is 1.28. The van der Waals surface area contributed by atoms with Crippen molar-refractivity contribution >= 4 is 38.3 Å². The topological polar surface area (TPSA) is 120 Å². The van der Waals surface area contributed by atoms with Crippen LogP contribution in [0.15, 0.2) is 79.1 Å². The van der Waals surface area contributed by atoms with E-state index in [0.29, 0.717) is 31.7 Å². The van der Waals surface area contributed by atoms with Crippen LogP contribution in [-0.2, 0) is 10.0 Å². The summed E-state index contributed by atoms with van der Waals surface area (Å²) in [7, 11) is -3.81. The number of nitrogens with one attached hydrogen (secondary N) is 1.